The summed E-state index contributed by atoms with van der Waals surface area (Å²) in [5.74, 6) is 1.51. The predicted octanol–water partition coefficient (Wildman–Crippen LogP) is 2.21. The summed E-state index contributed by atoms with van der Waals surface area (Å²) in [6, 6.07) is 1.69. The van der Waals surface area contributed by atoms with Crippen LogP contribution in [0.5, 0.6) is 0 Å². The molecule has 7 heteroatoms. The van der Waals surface area contributed by atoms with Gasteiger partial charge in [0.1, 0.15) is 11.0 Å². The van der Waals surface area contributed by atoms with Gasteiger partial charge in [0.2, 0.25) is 0 Å². The van der Waals surface area contributed by atoms with Gasteiger partial charge in [0.25, 0.3) is 0 Å². The summed E-state index contributed by atoms with van der Waals surface area (Å²) in [4.78, 5) is 9.16. The maximum atomic E-state index is 5.86. The van der Waals surface area contributed by atoms with Crippen molar-refractivity contribution >= 4 is 28.6 Å². The maximum Gasteiger partial charge on any atom is 0.181 e. The van der Waals surface area contributed by atoms with E-state index < -0.39 is 0 Å². The molecule has 0 aliphatic carbocycles. The third-order valence-electron chi connectivity index (χ3n) is 2.18. The van der Waals surface area contributed by atoms with Gasteiger partial charge < -0.3 is 0 Å². The van der Waals surface area contributed by atoms with Crippen molar-refractivity contribution in [2.24, 2.45) is 0 Å². The van der Waals surface area contributed by atoms with Crippen molar-refractivity contribution in [3.8, 4) is 10.7 Å². The van der Waals surface area contributed by atoms with Crippen LogP contribution in [0, 0.1) is 6.92 Å². The smallest absolute Gasteiger partial charge is 0.181 e. The minimum atomic E-state index is 0.424. The third-order valence-corrected chi connectivity index (χ3v) is 3.14. The Hall–Kier alpha value is -1.53. The summed E-state index contributed by atoms with van der Waals surface area (Å²) in [5.41, 5.74) is 2.45. The Morgan fingerprint density at radius 3 is 3.00 bits per heavy atom. The Bertz CT molecular complexity index is 645. The molecule has 0 N–H and O–H groups in total. The highest BCUT2D eigenvalue weighted by molar-refractivity contribution is 7.13. The van der Waals surface area contributed by atoms with Crippen molar-refractivity contribution in [2.75, 3.05) is 0 Å². The van der Waals surface area contributed by atoms with Crippen LogP contribution >= 0.6 is 22.9 Å². The molecule has 0 radical (unpaired) electrons. The van der Waals surface area contributed by atoms with Crippen LogP contribution in [0.3, 0.4) is 0 Å². The number of aryl methyl sites for hydroxylation is 1. The van der Waals surface area contributed by atoms with E-state index in [0.717, 1.165) is 16.5 Å². The van der Waals surface area contributed by atoms with Crippen molar-refractivity contribution in [1.82, 2.24) is 24.6 Å². The van der Waals surface area contributed by atoms with E-state index in [9.17, 15) is 0 Å². The summed E-state index contributed by atoms with van der Waals surface area (Å²) >= 11 is 7.37. The highest BCUT2D eigenvalue weighted by atomic mass is 35.5. The van der Waals surface area contributed by atoms with Crippen molar-refractivity contribution in [3.05, 3.63) is 28.8 Å². The lowest BCUT2D eigenvalue weighted by Gasteiger charge is -2.01. The number of fused-ring (bicyclic) bond motifs is 1. The van der Waals surface area contributed by atoms with Gasteiger partial charge in [-0.2, -0.15) is 0 Å². The summed E-state index contributed by atoms with van der Waals surface area (Å²) in [6.45, 7) is 1.87. The Balaban J connectivity index is 2.36. The van der Waals surface area contributed by atoms with Gasteiger partial charge in [-0.1, -0.05) is 11.6 Å². The van der Waals surface area contributed by atoms with Gasteiger partial charge in [-0.05, 0) is 6.92 Å². The van der Waals surface area contributed by atoms with Crippen LogP contribution in [0.4, 0.5) is 0 Å². The summed E-state index contributed by atoms with van der Waals surface area (Å²) in [7, 11) is 0. The van der Waals surface area contributed by atoms with Crippen molar-refractivity contribution in [3.63, 3.8) is 0 Å². The van der Waals surface area contributed by atoms with Crippen LogP contribution in [0.15, 0.2) is 17.8 Å². The summed E-state index contributed by atoms with van der Waals surface area (Å²) in [6.07, 6.45) is 1.76. The standard InChI is InChI=1S/C9H6ClN5S/c1-5-12-7(10)2-8-13-14-9(15(5)8)6-3-11-4-16-6/h2-4H,1H3. The summed E-state index contributed by atoms with van der Waals surface area (Å²) in [5, 5.41) is 8.61. The molecule has 0 aliphatic heterocycles. The molecule has 3 rings (SSSR count). The number of hydrogen-bond acceptors (Lipinski definition) is 5. The highest BCUT2D eigenvalue weighted by Gasteiger charge is 2.12. The van der Waals surface area contributed by atoms with E-state index >= 15 is 0 Å². The normalized spacial score (nSPS) is 11.1. The van der Waals surface area contributed by atoms with E-state index in [1.807, 2.05) is 11.3 Å². The molecule has 0 spiro atoms. The average Bonchev–Trinajstić information content (AvgIpc) is 2.82. The highest BCUT2D eigenvalue weighted by Crippen LogP contribution is 2.23. The van der Waals surface area contributed by atoms with Crippen molar-refractivity contribution in [1.29, 1.82) is 0 Å². The van der Waals surface area contributed by atoms with E-state index in [4.69, 9.17) is 11.6 Å². The Morgan fingerprint density at radius 2 is 2.25 bits per heavy atom. The Kier molecular flexibility index (Phi) is 2.12. The van der Waals surface area contributed by atoms with Gasteiger partial charge in [0.05, 0.1) is 10.4 Å². The number of aromatic nitrogens is 5. The molecule has 0 amide bonds. The van der Waals surface area contributed by atoms with Crippen LogP contribution in [-0.4, -0.2) is 24.6 Å². The Labute approximate surface area is 99.8 Å². The lowest BCUT2D eigenvalue weighted by atomic mass is 10.4. The molecular formula is C9H6ClN5S. The molecule has 80 valence electrons. The Morgan fingerprint density at radius 1 is 1.38 bits per heavy atom. The van der Waals surface area contributed by atoms with Gasteiger partial charge in [-0.25, -0.2) is 4.98 Å². The minimum absolute atomic E-state index is 0.424. The first-order valence-corrected chi connectivity index (χ1v) is 5.78. The minimum Gasteiger partial charge on any atom is -0.262 e. The molecule has 0 aliphatic rings. The predicted molar refractivity (Wildman–Crippen MR) is 61.6 cm³/mol. The number of nitrogens with zero attached hydrogens (tertiary/aromatic N) is 5. The second-order valence-corrected chi connectivity index (χ2v) is 4.48. The topological polar surface area (TPSA) is 56.0 Å². The van der Waals surface area contributed by atoms with E-state index in [0.29, 0.717) is 10.8 Å². The quantitative estimate of drug-likeness (QED) is 0.622. The number of thiazole rings is 1. The molecule has 16 heavy (non-hydrogen) atoms. The zero-order valence-electron chi connectivity index (χ0n) is 8.25. The fraction of sp³-hybridized carbons (Fsp3) is 0.111. The molecule has 0 unspecified atom stereocenters. The van der Waals surface area contributed by atoms with E-state index in [-0.39, 0.29) is 0 Å². The van der Waals surface area contributed by atoms with Gasteiger partial charge in [-0.3, -0.25) is 9.38 Å². The zero-order chi connectivity index (χ0) is 11.1. The molecule has 0 aromatic carbocycles. The molecule has 0 saturated heterocycles. The average molecular weight is 252 g/mol. The molecule has 0 bridgehead atoms. The lowest BCUT2D eigenvalue weighted by molar-refractivity contribution is 0.990. The first-order chi connectivity index (χ1) is 7.75. The second kappa shape index (κ2) is 3.50. The van der Waals surface area contributed by atoms with E-state index in [1.165, 1.54) is 11.3 Å². The maximum absolute atomic E-state index is 5.86. The number of rotatable bonds is 1. The lowest BCUT2D eigenvalue weighted by Crippen LogP contribution is -1.97. The van der Waals surface area contributed by atoms with E-state index in [2.05, 4.69) is 20.2 Å². The SMILES string of the molecule is Cc1nc(Cl)cc2nnc(-c3cncs3)n12. The fourth-order valence-corrected chi connectivity index (χ4v) is 2.35. The van der Waals surface area contributed by atoms with Crippen molar-refractivity contribution in [2.45, 2.75) is 6.92 Å². The number of hydrogen-bond donors (Lipinski definition) is 0. The second-order valence-electron chi connectivity index (χ2n) is 3.21. The fourth-order valence-electron chi connectivity index (χ4n) is 1.54. The molecule has 3 heterocycles. The van der Waals surface area contributed by atoms with E-state index in [1.54, 1.807) is 17.8 Å². The first kappa shape index (κ1) is 9.68. The monoisotopic (exact) mass is 251 g/mol. The largest absolute Gasteiger partial charge is 0.262 e. The zero-order valence-corrected chi connectivity index (χ0v) is 9.83. The molecule has 3 aromatic rings. The summed E-state index contributed by atoms with van der Waals surface area (Å²) < 4.78 is 1.86. The van der Waals surface area contributed by atoms with Crippen LogP contribution in [0.2, 0.25) is 5.15 Å². The van der Waals surface area contributed by atoms with Crippen LogP contribution in [-0.2, 0) is 0 Å². The molecule has 5 nitrogen and oxygen atoms in total. The third kappa shape index (κ3) is 1.38. The molecular weight excluding hydrogens is 246 g/mol. The van der Waals surface area contributed by atoms with Crippen LogP contribution in [0.25, 0.3) is 16.3 Å². The van der Waals surface area contributed by atoms with Crippen LogP contribution < -0.4 is 0 Å². The van der Waals surface area contributed by atoms with Gasteiger partial charge in [0.15, 0.2) is 11.5 Å². The molecule has 3 aromatic heterocycles. The van der Waals surface area contributed by atoms with Gasteiger partial charge in [-0.15, -0.1) is 21.5 Å². The molecule has 0 atom stereocenters. The molecule has 0 fully saturated rings. The number of halogens is 1. The van der Waals surface area contributed by atoms with Gasteiger partial charge in [0, 0.05) is 12.3 Å². The molecule has 0 saturated carbocycles. The van der Waals surface area contributed by atoms with Crippen LogP contribution in [0.1, 0.15) is 5.82 Å². The first-order valence-electron chi connectivity index (χ1n) is 4.53. The van der Waals surface area contributed by atoms with Gasteiger partial charge >= 0.3 is 0 Å². The van der Waals surface area contributed by atoms with Crippen molar-refractivity contribution < 1.29 is 0 Å².